The standard InChI is InChI=1S/C17H23FN2O3S/c1-17(2,3)23-16(22)19-10-4-5-13-9(6-10)7-14(24-13)20-15(21)11-8-12(11)18/h7,10-12H,4-6,8H2,1-3H3,(H,19,22)(H,20,21)/t10-,11-,12-/m0/s1. The lowest BCUT2D eigenvalue weighted by Gasteiger charge is -2.26. The lowest BCUT2D eigenvalue weighted by molar-refractivity contribution is -0.117. The molecular formula is C17H23FN2O3S. The Morgan fingerprint density at radius 3 is 2.71 bits per heavy atom. The fourth-order valence-electron chi connectivity index (χ4n) is 2.83. The van der Waals surface area contributed by atoms with Crippen LogP contribution >= 0.6 is 11.3 Å². The molecule has 0 unspecified atom stereocenters. The number of halogens is 1. The first kappa shape index (κ1) is 17.2. The number of aryl methyl sites for hydroxylation is 1. The van der Waals surface area contributed by atoms with Crippen LogP contribution in [0, 0.1) is 5.92 Å². The van der Waals surface area contributed by atoms with E-state index in [1.807, 2.05) is 26.8 Å². The van der Waals surface area contributed by atoms with Gasteiger partial charge in [-0.15, -0.1) is 11.3 Å². The molecule has 2 aliphatic carbocycles. The SMILES string of the molecule is CC(C)(C)OC(=O)N[C@H]1CCc2sc(NC(=O)[C@H]3C[C@@H]3F)cc2C1. The van der Waals surface area contributed by atoms with Crippen molar-refractivity contribution in [2.24, 2.45) is 5.92 Å². The van der Waals surface area contributed by atoms with E-state index < -0.39 is 23.8 Å². The van der Waals surface area contributed by atoms with Gasteiger partial charge in [0.2, 0.25) is 5.91 Å². The number of carbonyl (C=O) groups is 2. The van der Waals surface area contributed by atoms with Crippen molar-refractivity contribution in [2.75, 3.05) is 5.32 Å². The highest BCUT2D eigenvalue weighted by atomic mass is 32.1. The first-order valence-electron chi connectivity index (χ1n) is 8.27. The molecule has 1 heterocycles. The maximum Gasteiger partial charge on any atom is 0.407 e. The number of hydrogen-bond donors (Lipinski definition) is 2. The van der Waals surface area contributed by atoms with Crippen LogP contribution in [0.2, 0.25) is 0 Å². The summed E-state index contributed by atoms with van der Waals surface area (Å²) in [6.45, 7) is 5.50. The van der Waals surface area contributed by atoms with E-state index in [1.54, 1.807) is 11.3 Å². The summed E-state index contributed by atoms with van der Waals surface area (Å²) >= 11 is 1.54. The van der Waals surface area contributed by atoms with Crippen LogP contribution in [0.5, 0.6) is 0 Å². The van der Waals surface area contributed by atoms with Crippen LogP contribution < -0.4 is 10.6 Å². The summed E-state index contributed by atoms with van der Waals surface area (Å²) in [4.78, 5) is 24.9. The molecule has 0 bridgehead atoms. The average Bonchev–Trinajstić information content (AvgIpc) is 3.04. The number of nitrogens with one attached hydrogen (secondary N) is 2. The van der Waals surface area contributed by atoms with Gasteiger partial charge in [0.15, 0.2) is 0 Å². The Labute approximate surface area is 145 Å². The van der Waals surface area contributed by atoms with Crippen molar-refractivity contribution in [2.45, 2.75) is 64.3 Å². The summed E-state index contributed by atoms with van der Waals surface area (Å²) in [6, 6.07) is 1.97. The normalized spacial score (nSPS) is 25.6. The van der Waals surface area contributed by atoms with Crippen LogP contribution in [0.4, 0.5) is 14.2 Å². The predicted octanol–water partition coefficient (Wildman–Crippen LogP) is 3.43. The minimum Gasteiger partial charge on any atom is -0.444 e. The second-order valence-electron chi connectivity index (χ2n) is 7.49. The second-order valence-corrected chi connectivity index (χ2v) is 8.63. The summed E-state index contributed by atoms with van der Waals surface area (Å²) in [5, 5.41) is 6.48. The molecule has 1 fully saturated rings. The van der Waals surface area contributed by atoms with Crippen molar-refractivity contribution in [1.29, 1.82) is 0 Å². The van der Waals surface area contributed by atoms with Crippen molar-refractivity contribution in [1.82, 2.24) is 5.32 Å². The first-order chi connectivity index (χ1) is 11.2. The van der Waals surface area contributed by atoms with Crippen LogP contribution in [-0.2, 0) is 22.4 Å². The average molecular weight is 354 g/mol. The maximum atomic E-state index is 12.9. The van der Waals surface area contributed by atoms with Gasteiger partial charge >= 0.3 is 6.09 Å². The molecule has 5 nitrogen and oxygen atoms in total. The summed E-state index contributed by atoms with van der Waals surface area (Å²) in [5.74, 6) is -0.713. The number of alkyl carbamates (subject to hydrolysis) is 1. The highest BCUT2D eigenvalue weighted by molar-refractivity contribution is 7.16. The van der Waals surface area contributed by atoms with Gasteiger partial charge in [-0.2, -0.15) is 0 Å². The van der Waals surface area contributed by atoms with Crippen LogP contribution in [0.25, 0.3) is 0 Å². The Morgan fingerprint density at radius 2 is 2.08 bits per heavy atom. The molecule has 3 rings (SSSR count). The van der Waals surface area contributed by atoms with Crippen molar-refractivity contribution in [3.05, 3.63) is 16.5 Å². The topological polar surface area (TPSA) is 67.4 Å². The molecule has 0 saturated heterocycles. The number of hydrogen-bond acceptors (Lipinski definition) is 4. The molecule has 0 aromatic carbocycles. The third kappa shape index (κ3) is 4.26. The van der Waals surface area contributed by atoms with Crippen LogP contribution in [0.15, 0.2) is 6.07 Å². The zero-order valence-electron chi connectivity index (χ0n) is 14.1. The van der Waals surface area contributed by atoms with Crippen LogP contribution in [0.1, 0.15) is 44.1 Å². The Bertz CT molecular complexity index is 653. The van der Waals surface area contributed by atoms with Gasteiger partial charge in [-0.3, -0.25) is 4.79 Å². The molecule has 2 amide bonds. The number of rotatable bonds is 3. The Balaban J connectivity index is 1.56. The molecule has 0 aliphatic heterocycles. The minimum absolute atomic E-state index is 0.0316. The van der Waals surface area contributed by atoms with Gasteiger partial charge in [-0.1, -0.05) is 0 Å². The molecule has 1 aromatic heterocycles. The molecule has 1 aromatic rings. The van der Waals surface area contributed by atoms with E-state index in [2.05, 4.69) is 10.6 Å². The molecule has 0 radical (unpaired) electrons. The largest absolute Gasteiger partial charge is 0.444 e. The number of anilines is 1. The van der Waals surface area contributed by atoms with Crippen molar-refractivity contribution in [3.63, 3.8) is 0 Å². The van der Waals surface area contributed by atoms with E-state index in [1.165, 1.54) is 4.88 Å². The van der Waals surface area contributed by atoms with Gasteiger partial charge in [0.05, 0.1) is 10.9 Å². The fraction of sp³-hybridized carbons (Fsp3) is 0.647. The van der Waals surface area contributed by atoms with Gasteiger partial charge in [-0.05, 0) is 58.1 Å². The van der Waals surface area contributed by atoms with E-state index in [-0.39, 0.29) is 11.9 Å². The first-order valence-corrected chi connectivity index (χ1v) is 9.09. The predicted molar refractivity (Wildman–Crippen MR) is 91.1 cm³/mol. The van der Waals surface area contributed by atoms with Gasteiger partial charge in [0.1, 0.15) is 11.8 Å². The van der Waals surface area contributed by atoms with Gasteiger partial charge in [0.25, 0.3) is 0 Å². The maximum absolute atomic E-state index is 12.9. The summed E-state index contributed by atoms with van der Waals surface area (Å²) in [6.07, 6.45) is 1.36. The molecule has 3 atom stereocenters. The minimum atomic E-state index is -0.984. The highest BCUT2D eigenvalue weighted by Crippen LogP contribution is 2.37. The second kappa shape index (κ2) is 6.35. The van der Waals surface area contributed by atoms with Gasteiger partial charge in [0, 0.05) is 10.9 Å². The summed E-state index contributed by atoms with van der Waals surface area (Å²) in [5.41, 5.74) is 0.621. The molecule has 132 valence electrons. The third-order valence-electron chi connectivity index (χ3n) is 4.10. The number of amides is 2. The quantitative estimate of drug-likeness (QED) is 0.874. The number of ether oxygens (including phenoxy) is 1. The molecule has 2 N–H and O–H groups in total. The number of carbonyl (C=O) groups excluding carboxylic acids is 2. The Morgan fingerprint density at radius 1 is 1.38 bits per heavy atom. The van der Waals surface area contributed by atoms with Crippen molar-refractivity contribution in [3.8, 4) is 0 Å². The van der Waals surface area contributed by atoms with E-state index in [4.69, 9.17) is 4.74 Å². The lowest BCUT2D eigenvalue weighted by atomic mass is 9.94. The molecular weight excluding hydrogens is 331 g/mol. The molecule has 0 spiro atoms. The molecule has 7 heteroatoms. The Kier molecular flexibility index (Phi) is 4.55. The number of thiophene rings is 1. The smallest absolute Gasteiger partial charge is 0.407 e. The summed E-state index contributed by atoms with van der Waals surface area (Å²) < 4.78 is 18.2. The molecule has 24 heavy (non-hydrogen) atoms. The van der Waals surface area contributed by atoms with E-state index >= 15 is 0 Å². The summed E-state index contributed by atoms with van der Waals surface area (Å²) in [7, 11) is 0. The zero-order valence-corrected chi connectivity index (χ0v) is 15.0. The van der Waals surface area contributed by atoms with E-state index in [9.17, 15) is 14.0 Å². The van der Waals surface area contributed by atoms with E-state index in [0.29, 0.717) is 6.42 Å². The zero-order chi connectivity index (χ0) is 17.5. The van der Waals surface area contributed by atoms with Crippen LogP contribution in [-0.4, -0.2) is 29.8 Å². The fourth-order valence-corrected chi connectivity index (χ4v) is 3.94. The third-order valence-corrected chi connectivity index (χ3v) is 5.25. The van der Waals surface area contributed by atoms with Crippen LogP contribution in [0.3, 0.4) is 0 Å². The molecule has 1 saturated carbocycles. The number of fused-ring (bicyclic) bond motifs is 1. The lowest BCUT2D eigenvalue weighted by Crippen LogP contribution is -2.41. The van der Waals surface area contributed by atoms with E-state index in [0.717, 1.165) is 29.8 Å². The van der Waals surface area contributed by atoms with Gasteiger partial charge in [-0.25, -0.2) is 9.18 Å². The highest BCUT2D eigenvalue weighted by Gasteiger charge is 2.43. The van der Waals surface area contributed by atoms with Gasteiger partial charge < -0.3 is 15.4 Å². The van der Waals surface area contributed by atoms with Crippen molar-refractivity contribution < 1.29 is 18.7 Å². The molecule has 2 aliphatic rings. The Hall–Kier alpha value is -1.63. The monoisotopic (exact) mass is 354 g/mol. The number of alkyl halides is 1. The van der Waals surface area contributed by atoms with Crippen molar-refractivity contribution >= 4 is 28.3 Å².